The van der Waals surface area contributed by atoms with Crippen LogP contribution >= 0.6 is 0 Å². The van der Waals surface area contributed by atoms with E-state index in [0.29, 0.717) is 17.2 Å². The summed E-state index contributed by atoms with van der Waals surface area (Å²) < 4.78 is 10.9. The molecule has 1 aliphatic carbocycles. The van der Waals surface area contributed by atoms with Crippen molar-refractivity contribution in [3.63, 3.8) is 0 Å². The number of benzene rings is 1. The van der Waals surface area contributed by atoms with Crippen LogP contribution in [0.25, 0.3) is 0 Å². The first kappa shape index (κ1) is 13.4. The quantitative estimate of drug-likeness (QED) is 0.858. The summed E-state index contributed by atoms with van der Waals surface area (Å²) >= 11 is 0. The predicted octanol–water partition coefficient (Wildman–Crippen LogP) is 0.848. The van der Waals surface area contributed by atoms with Gasteiger partial charge in [0.15, 0.2) is 0 Å². The first-order valence-corrected chi connectivity index (χ1v) is 6.94. The van der Waals surface area contributed by atoms with Gasteiger partial charge in [-0.15, -0.1) is 0 Å². The van der Waals surface area contributed by atoms with E-state index in [2.05, 4.69) is 5.32 Å². The highest BCUT2D eigenvalue weighted by atomic mass is 16.5. The Morgan fingerprint density at radius 1 is 1.50 bits per heavy atom. The van der Waals surface area contributed by atoms with Gasteiger partial charge in [0.1, 0.15) is 5.75 Å². The van der Waals surface area contributed by atoms with Crippen LogP contribution < -0.4 is 15.8 Å². The number of carbonyl (C=O) groups is 1. The van der Waals surface area contributed by atoms with Gasteiger partial charge in [-0.2, -0.15) is 0 Å². The number of hydrogen-bond acceptors (Lipinski definition) is 4. The summed E-state index contributed by atoms with van der Waals surface area (Å²) in [5, 5.41) is 2.98. The maximum Gasteiger partial charge on any atom is 0.251 e. The highest BCUT2D eigenvalue weighted by Crippen LogP contribution is 2.37. The van der Waals surface area contributed by atoms with Gasteiger partial charge in [-0.3, -0.25) is 4.79 Å². The molecule has 1 aromatic carbocycles. The lowest BCUT2D eigenvalue weighted by Crippen LogP contribution is -2.68. The number of ether oxygens (including phenoxy) is 2. The molecule has 5 heteroatoms. The van der Waals surface area contributed by atoms with Gasteiger partial charge in [0.05, 0.1) is 19.3 Å². The van der Waals surface area contributed by atoms with Crippen molar-refractivity contribution in [3.8, 4) is 5.75 Å². The fraction of sp³-hybridized carbons (Fsp3) is 0.533. The van der Waals surface area contributed by atoms with Crippen LogP contribution in [0.5, 0.6) is 5.75 Å². The van der Waals surface area contributed by atoms with Crippen LogP contribution in [-0.4, -0.2) is 37.8 Å². The maximum absolute atomic E-state index is 12.3. The highest BCUT2D eigenvalue weighted by molar-refractivity contribution is 5.95. The Bertz CT molecular complexity index is 532. The Hall–Kier alpha value is -1.59. The van der Waals surface area contributed by atoms with E-state index in [1.165, 1.54) is 0 Å². The molecular weight excluding hydrogens is 256 g/mol. The summed E-state index contributed by atoms with van der Waals surface area (Å²) in [6, 6.07) is 5.34. The van der Waals surface area contributed by atoms with Crippen molar-refractivity contribution in [2.24, 2.45) is 11.7 Å². The van der Waals surface area contributed by atoms with E-state index in [1.807, 2.05) is 13.0 Å². The average molecular weight is 276 g/mol. The molecule has 1 amide bonds. The van der Waals surface area contributed by atoms with Crippen LogP contribution in [0.4, 0.5) is 0 Å². The third-order valence-electron chi connectivity index (χ3n) is 4.41. The van der Waals surface area contributed by atoms with Gasteiger partial charge in [-0.25, -0.2) is 0 Å². The molecule has 2 aliphatic rings. The van der Waals surface area contributed by atoms with Crippen LogP contribution in [0.3, 0.4) is 0 Å². The highest BCUT2D eigenvalue weighted by Gasteiger charge is 2.52. The van der Waals surface area contributed by atoms with Gasteiger partial charge in [-0.1, -0.05) is 6.07 Å². The minimum Gasteiger partial charge on any atom is -0.496 e. The lowest BCUT2D eigenvalue weighted by Gasteiger charge is -2.45. The number of carbonyl (C=O) groups excluding carboxylic acids is 1. The molecule has 4 unspecified atom stereocenters. The van der Waals surface area contributed by atoms with E-state index in [4.69, 9.17) is 15.2 Å². The molecule has 1 saturated carbocycles. The predicted molar refractivity (Wildman–Crippen MR) is 74.8 cm³/mol. The molecule has 0 aromatic heterocycles. The Labute approximate surface area is 118 Å². The number of nitrogens with one attached hydrogen (secondary N) is 1. The summed E-state index contributed by atoms with van der Waals surface area (Å²) in [7, 11) is 1.60. The molecule has 1 heterocycles. The lowest BCUT2D eigenvalue weighted by molar-refractivity contribution is -0.0161. The fourth-order valence-corrected chi connectivity index (χ4v) is 3.12. The zero-order chi connectivity index (χ0) is 14.3. The Kier molecular flexibility index (Phi) is 3.40. The molecule has 3 N–H and O–H groups in total. The molecule has 5 nitrogen and oxygen atoms in total. The Balaban J connectivity index is 1.70. The molecule has 0 radical (unpaired) electrons. The van der Waals surface area contributed by atoms with Gasteiger partial charge >= 0.3 is 0 Å². The molecule has 1 aromatic rings. The van der Waals surface area contributed by atoms with Gasteiger partial charge in [0.25, 0.3) is 5.91 Å². The molecule has 20 heavy (non-hydrogen) atoms. The van der Waals surface area contributed by atoms with Gasteiger partial charge in [-0.05, 0) is 31.0 Å². The molecule has 108 valence electrons. The summed E-state index contributed by atoms with van der Waals surface area (Å²) in [6.07, 6.45) is 1.08. The third kappa shape index (κ3) is 2.07. The average Bonchev–Trinajstić information content (AvgIpc) is 2.89. The Morgan fingerprint density at radius 3 is 3.05 bits per heavy atom. The topological polar surface area (TPSA) is 73.6 Å². The maximum atomic E-state index is 12.3. The number of hydrogen-bond donors (Lipinski definition) is 2. The van der Waals surface area contributed by atoms with E-state index in [9.17, 15) is 4.79 Å². The smallest absolute Gasteiger partial charge is 0.251 e. The summed E-state index contributed by atoms with van der Waals surface area (Å²) in [6.45, 7) is 2.69. The summed E-state index contributed by atoms with van der Waals surface area (Å²) in [4.78, 5) is 12.3. The van der Waals surface area contributed by atoms with Crippen molar-refractivity contribution in [2.45, 2.75) is 31.5 Å². The minimum absolute atomic E-state index is 0.00112. The zero-order valence-electron chi connectivity index (χ0n) is 11.8. The number of fused-ring (bicyclic) bond motifs is 1. The zero-order valence-corrected chi connectivity index (χ0v) is 11.8. The second kappa shape index (κ2) is 5.07. The van der Waals surface area contributed by atoms with Crippen molar-refractivity contribution in [1.29, 1.82) is 0 Å². The van der Waals surface area contributed by atoms with Crippen molar-refractivity contribution < 1.29 is 14.3 Å². The number of amides is 1. The fourth-order valence-electron chi connectivity index (χ4n) is 3.12. The van der Waals surface area contributed by atoms with Gasteiger partial charge in [0.2, 0.25) is 0 Å². The molecule has 0 spiro atoms. The normalized spacial score (nSPS) is 31.4. The van der Waals surface area contributed by atoms with E-state index in [1.54, 1.807) is 19.2 Å². The molecule has 4 atom stereocenters. The Morgan fingerprint density at radius 2 is 2.30 bits per heavy atom. The summed E-state index contributed by atoms with van der Waals surface area (Å²) in [5.41, 5.74) is 7.68. The SMILES string of the molecule is COc1cc(C(=O)NC2C(N)C3CCOC32)ccc1C. The molecule has 1 aliphatic heterocycles. The van der Waals surface area contributed by atoms with Crippen LogP contribution in [0, 0.1) is 12.8 Å². The second-order valence-electron chi connectivity index (χ2n) is 5.55. The van der Waals surface area contributed by atoms with Crippen LogP contribution in [0.2, 0.25) is 0 Å². The van der Waals surface area contributed by atoms with Crippen molar-refractivity contribution in [3.05, 3.63) is 29.3 Å². The molecular formula is C15H20N2O3. The van der Waals surface area contributed by atoms with Crippen molar-refractivity contribution in [1.82, 2.24) is 5.32 Å². The first-order valence-electron chi connectivity index (χ1n) is 6.94. The van der Waals surface area contributed by atoms with Gasteiger partial charge < -0.3 is 20.5 Å². The van der Waals surface area contributed by atoms with E-state index in [-0.39, 0.29) is 24.1 Å². The number of aryl methyl sites for hydroxylation is 1. The standard InChI is InChI=1S/C15H20N2O3/c1-8-3-4-9(7-11(8)19-2)15(18)17-13-12(16)10-5-6-20-14(10)13/h3-4,7,10,12-14H,5-6,16H2,1-2H3,(H,17,18). The number of methoxy groups -OCH3 is 1. The minimum atomic E-state index is -0.127. The molecule has 1 saturated heterocycles. The van der Waals surface area contributed by atoms with E-state index >= 15 is 0 Å². The van der Waals surface area contributed by atoms with Crippen LogP contribution in [-0.2, 0) is 4.74 Å². The van der Waals surface area contributed by atoms with Crippen molar-refractivity contribution >= 4 is 5.91 Å². The van der Waals surface area contributed by atoms with Gasteiger partial charge in [0, 0.05) is 24.1 Å². The molecule has 3 rings (SSSR count). The largest absolute Gasteiger partial charge is 0.496 e. The van der Waals surface area contributed by atoms with Crippen LogP contribution in [0.1, 0.15) is 22.3 Å². The number of rotatable bonds is 3. The lowest BCUT2D eigenvalue weighted by atomic mass is 9.72. The van der Waals surface area contributed by atoms with E-state index < -0.39 is 0 Å². The van der Waals surface area contributed by atoms with E-state index in [0.717, 1.165) is 18.6 Å². The molecule has 2 fully saturated rings. The monoisotopic (exact) mass is 276 g/mol. The molecule has 0 bridgehead atoms. The number of nitrogens with two attached hydrogens (primary N) is 1. The summed E-state index contributed by atoms with van der Waals surface area (Å²) in [5.74, 6) is 0.983. The third-order valence-corrected chi connectivity index (χ3v) is 4.41. The first-order chi connectivity index (χ1) is 9.61. The van der Waals surface area contributed by atoms with Crippen LogP contribution in [0.15, 0.2) is 18.2 Å². The van der Waals surface area contributed by atoms with Crippen molar-refractivity contribution in [2.75, 3.05) is 13.7 Å². The second-order valence-corrected chi connectivity index (χ2v) is 5.55.